The van der Waals surface area contributed by atoms with Crippen LogP contribution in [0.25, 0.3) is 0 Å². The lowest BCUT2D eigenvalue weighted by atomic mass is 10.4. The summed E-state index contributed by atoms with van der Waals surface area (Å²) >= 11 is 6.65. The second-order valence-corrected chi connectivity index (χ2v) is 4.22. The lowest BCUT2D eigenvalue weighted by molar-refractivity contribution is -0.133. The molecule has 1 aromatic heterocycles. The van der Waals surface area contributed by atoms with Crippen molar-refractivity contribution in [2.24, 2.45) is 0 Å². The number of nitrogens with one attached hydrogen (secondary N) is 1. The number of halogens is 1. The highest BCUT2D eigenvalue weighted by Crippen LogP contribution is 2.10. The van der Waals surface area contributed by atoms with Crippen molar-refractivity contribution in [1.82, 2.24) is 4.98 Å². The van der Waals surface area contributed by atoms with Crippen LogP contribution in [0, 0.1) is 0 Å². The molecule has 5 nitrogen and oxygen atoms in total. The Morgan fingerprint density at radius 1 is 1.44 bits per heavy atom. The zero-order chi connectivity index (χ0) is 12.0. The molecular weight excluding hydrogens is 252 g/mol. The number of hydrogen-bond acceptors (Lipinski definition) is 4. The van der Waals surface area contributed by atoms with Gasteiger partial charge < -0.3 is 10.4 Å². The van der Waals surface area contributed by atoms with Crippen LogP contribution in [0.3, 0.4) is 0 Å². The van der Waals surface area contributed by atoms with Crippen LogP contribution in [0.15, 0.2) is 18.3 Å². The third-order valence-electron chi connectivity index (χ3n) is 1.45. The van der Waals surface area contributed by atoms with Crippen molar-refractivity contribution < 1.29 is 14.7 Å². The molecular formula is C9H9ClN2O3S. The number of carboxylic acids is 1. The predicted octanol–water partition coefficient (Wildman–Crippen LogP) is 1.49. The summed E-state index contributed by atoms with van der Waals surface area (Å²) < 4.78 is 0. The van der Waals surface area contributed by atoms with Crippen LogP contribution in [0.2, 0.25) is 5.02 Å². The Kier molecular flexibility index (Phi) is 5.07. The first kappa shape index (κ1) is 12.8. The topological polar surface area (TPSA) is 79.3 Å². The SMILES string of the molecule is O=C(O)CSCC(=O)Nc1ccc(Cl)cn1. The van der Waals surface area contributed by atoms with Crippen molar-refractivity contribution in [2.45, 2.75) is 0 Å². The van der Waals surface area contributed by atoms with Gasteiger partial charge in [0.05, 0.1) is 16.5 Å². The van der Waals surface area contributed by atoms with Gasteiger partial charge in [0, 0.05) is 6.20 Å². The number of amides is 1. The summed E-state index contributed by atoms with van der Waals surface area (Å²) in [4.78, 5) is 25.4. The van der Waals surface area contributed by atoms with Crippen molar-refractivity contribution in [3.63, 3.8) is 0 Å². The Labute approximate surface area is 101 Å². The van der Waals surface area contributed by atoms with E-state index in [1.807, 2.05) is 0 Å². The number of nitrogens with zero attached hydrogens (tertiary/aromatic N) is 1. The van der Waals surface area contributed by atoms with E-state index < -0.39 is 5.97 Å². The van der Waals surface area contributed by atoms with E-state index in [2.05, 4.69) is 10.3 Å². The Hall–Kier alpha value is -1.27. The number of rotatable bonds is 5. The predicted molar refractivity (Wildman–Crippen MR) is 62.8 cm³/mol. The fourth-order valence-electron chi connectivity index (χ4n) is 0.860. The normalized spacial score (nSPS) is 9.81. The average Bonchev–Trinajstić information content (AvgIpc) is 2.21. The fraction of sp³-hybridized carbons (Fsp3) is 0.222. The first-order valence-electron chi connectivity index (χ1n) is 4.29. The van der Waals surface area contributed by atoms with Crippen molar-refractivity contribution in [3.05, 3.63) is 23.4 Å². The van der Waals surface area contributed by atoms with E-state index in [-0.39, 0.29) is 17.4 Å². The largest absolute Gasteiger partial charge is 0.481 e. The van der Waals surface area contributed by atoms with Crippen molar-refractivity contribution in [1.29, 1.82) is 0 Å². The van der Waals surface area contributed by atoms with Gasteiger partial charge in [-0.05, 0) is 12.1 Å². The van der Waals surface area contributed by atoms with Crippen molar-refractivity contribution in [3.8, 4) is 0 Å². The molecule has 0 aliphatic rings. The molecule has 0 atom stereocenters. The Morgan fingerprint density at radius 2 is 2.19 bits per heavy atom. The minimum Gasteiger partial charge on any atom is -0.481 e. The summed E-state index contributed by atoms with van der Waals surface area (Å²) in [5, 5.41) is 11.4. The lowest BCUT2D eigenvalue weighted by Gasteiger charge is -2.03. The van der Waals surface area contributed by atoms with Crippen molar-refractivity contribution >= 4 is 41.1 Å². The molecule has 0 aliphatic carbocycles. The molecule has 0 spiro atoms. The number of carboxylic acid groups (broad SMARTS) is 1. The highest BCUT2D eigenvalue weighted by Gasteiger charge is 2.05. The maximum absolute atomic E-state index is 11.3. The average molecular weight is 261 g/mol. The molecule has 0 saturated heterocycles. The summed E-state index contributed by atoms with van der Waals surface area (Å²) in [6.07, 6.45) is 1.42. The summed E-state index contributed by atoms with van der Waals surface area (Å²) in [6, 6.07) is 3.18. The van der Waals surface area contributed by atoms with Crippen LogP contribution >= 0.6 is 23.4 Å². The molecule has 0 aliphatic heterocycles. The summed E-state index contributed by atoms with van der Waals surface area (Å²) in [6.45, 7) is 0. The number of hydrogen-bond donors (Lipinski definition) is 2. The van der Waals surface area contributed by atoms with Gasteiger partial charge in [-0.1, -0.05) is 11.6 Å². The van der Waals surface area contributed by atoms with E-state index in [4.69, 9.17) is 16.7 Å². The summed E-state index contributed by atoms with van der Waals surface area (Å²) in [5.74, 6) is -0.855. The Morgan fingerprint density at radius 3 is 2.75 bits per heavy atom. The molecule has 1 heterocycles. The molecule has 86 valence electrons. The number of aliphatic carboxylic acids is 1. The standard InChI is InChI=1S/C9H9ClN2O3S/c10-6-1-2-7(11-3-6)12-8(13)4-16-5-9(14)15/h1-3H,4-5H2,(H,14,15)(H,11,12,13). The van der Waals surface area contributed by atoms with Gasteiger partial charge in [-0.15, -0.1) is 11.8 Å². The summed E-state index contributed by atoms with van der Waals surface area (Å²) in [5.41, 5.74) is 0. The molecule has 1 aromatic rings. The lowest BCUT2D eigenvalue weighted by Crippen LogP contribution is -2.16. The molecule has 0 bridgehead atoms. The smallest absolute Gasteiger partial charge is 0.313 e. The first-order chi connectivity index (χ1) is 7.58. The number of anilines is 1. The third kappa shape index (κ3) is 4.99. The molecule has 1 rings (SSSR count). The van der Waals surface area contributed by atoms with Crippen molar-refractivity contribution in [2.75, 3.05) is 16.8 Å². The Balaban J connectivity index is 2.34. The minimum absolute atomic E-state index is 0.0800. The van der Waals surface area contributed by atoms with Crippen LogP contribution in [-0.4, -0.2) is 33.5 Å². The zero-order valence-corrected chi connectivity index (χ0v) is 9.72. The molecule has 16 heavy (non-hydrogen) atoms. The second kappa shape index (κ2) is 6.34. The van der Waals surface area contributed by atoms with Crippen LogP contribution in [-0.2, 0) is 9.59 Å². The highest BCUT2D eigenvalue weighted by molar-refractivity contribution is 8.00. The maximum atomic E-state index is 11.3. The van der Waals surface area contributed by atoms with Gasteiger partial charge in [0.1, 0.15) is 5.82 Å². The second-order valence-electron chi connectivity index (χ2n) is 2.80. The van der Waals surface area contributed by atoms with Gasteiger partial charge in [0.2, 0.25) is 5.91 Å². The van der Waals surface area contributed by atoms with Gasteiger partial charge in [-0.3, -0.25) is 9.59 Å². The number of pyridine rings is 1. The highest BCUT2D eigenvalue weighted by atomic mass is 35.5. The molecule has 0 saturated carbocycles. The van der Waals surface area contributed by atoms with E-state index in [1.165, 1.54) is 6.20 Å². The molecule has 7 heteroatoms. The van der Waals surface area contributed by atoms with Gasteiger partial charge in [0.25, 0.3) is 0 Å². The van der Waals surface area contributed by atoms with E-state index in [0.29, 0.717) is 10.8 Å². The Bertz CT molecular complexity index is 383. The molecule has 0 fully saturated rings. The summed E-state index contributed by atoms with van der Waals surface area (Å²) in [7, 11) is 0. The first-order valence-corrected chi connectivity index (χ1v) is 5.82. The quantitative estimate of drug-likeness (QED) is 0.839. The fourth-order valence-corrected chi connectivity index (χ4v) is 1.51. The minimum atomic E-state index is -0.942. The van der Waals surface area contributed by atoms with Gasteiger partial charge >= 0.3 is 5.97 Å². The van der Waals surface area contributed by atoms with E-state index in [9.17, 15) is 9.59 Å². The maximum Gasteiger partial charge on any atom is 0.313 e. The molecule has 1 amide bonds. The van der Waals surface area contributed by atoms with Gasteiger partial charge in [0.15, 0.2) is 0 Å². The van der Waals surface area contributed by atoms with Crippen LogP contribution in [0.5, 0.6) is 0 Å². The monoisotopic (exact) mass is 260 g/mol. The molecule has 2 N–H and O–H groups in total. The van der Waals surface area contributed by atoms with Gasteiger partial charge in [-0.25, -0.2) is 4.98 Å². The zero-order valence-electron chi connectivity index (χ0n) is 8.14. The number of thioether (sulfide) groups is 1. The molecule has 0 radical (unpaired) electrons. The molecule has 0 aromatic carbocycles. The van der Waals surface area contributed by atoms with E-state index >= 15 is 0 Å². The van der Waals surface area contributed by atoms with Gasteiger partial charge in [-0.2, -0.15) is 0 Å². The van der Waals surface area contributed by atoms with Crippen LogP contribution < -0.4 is 5.32 Å². The van der Waals surface area contributed by atoms with Crippen LogP contribution in [0.4, 0.5) is 5.82 Å². The molecule has 0 unspecified atom stereocenters. The number of carbonyl (C=O) groups excluding carboxylic acids is 1. The third-order valence-corrected chi connectivity index (χ3v) is 2.59. The van der Waals surface area contributed by atoms with E-state index in [0.717, 1.165) is 11.8 Å². The van der Waals surface area contributed by atoms with Crippen LogP contribution in [0.1, 0.15) is 0 Å². The number of carbonyl (C=O) groups is 2. The number of aromatic nitrogens is 1. The van der Waals surface area contributed by atoms with E-state index in [1.54, 1.807) is 12.1 Å².